The van der Waals surface area contributed by atoms with Gasteiger partial charge in [0.15, 0.2) is 11.5 Å². The maximum Gasteiger partial charge on any atom is 0.232 e. The van der Waals surface area contributed by atoms with Gasteiger partial charge in [-0.2, -0.15) is 0 Å². The molecule has 1 aromatic rings. The Morgan fingerprint density at radius 3 is 3.00 bits per heavy atom. The van der Waals surface area contributed by atoms with E-state index in [1.54, 1.807) is 4.90 Å². The number of amides is 1. The Hall–Kier alpha value is -1.79. The standard InChI is InChI=1S/C18H24N2O4/c1-19(2)17(21)18-6-8-22-16(18)5-7-20(11-18)10-13-3-4-14-15(9-13)24-12-23-14/h3-4,9,16H,5-8,10-12H2,1-2H3/t16-,18-/m1/s1. The number of carbonyl (C=O) groups is 1. The minimum absolute atomic E-state index is 0.0559. The summed E-state index contributed by atoms with van der Waals surface area (Å²) in [6.45, 7) is 3.49. The lowest BCUT2D eigenvalue weighted by molar-refractivity contribution is -0.148. The highest BCUT2D eigenvalue weighted by Crippen LogP contribution is 2.42. The van der Waals surface area contributed by atoms with Gasteiger partial charge < -0.3 is 19.1 Å². The van der Waals surface area contributed by atoms with Crippen LogP contribution >= 0.6 is 0 Å². The summed E-state index contributed by atoms with van der Waals surface area (Å²) in [7, 11) is 3.67. The Morgan fingerprint density at radius 2 is 2.17 bits per heavy atom. The van der Waals surface area contributed by atoms with Gasteiger partial charge in [-0.25, -0.2) is 0 Å². The molecule has 1 aromatic carbocycles. The van der Waals surface area contributed by atoms with Crippen LogP contribution in [0.4, 0.5) is 0 Å². The van der Waals surface area contributed by atoms with Crippen LogP contribution in [0, 0.1) is 5.41 Å². The van der Waals surface area contributed by atoms with Gasteiger partial charge in [0.05, 0.1) is 11.5 Å². The molecular weight excluding hydrogens is 308 g/mol. The van der Waals surface area contributed by atoms with Gasteiger partial charge in [-0.15, -0.1) is 0 Å². The molecule has 2 atom stereocenters. The van der Waals surface area contributed by atoms with Gasteiger partial charge in [-0.1, -0.05) is 6.07 Å². The summed E-state index contributed by atoms with van der Waals surface area (Å²) < 4.78 is 16.7. The highest BCUT2D eigenvalue weighted by molar-refractivity contribution is 5.83. The minimum atomic E-state index is -0.391. The molecule has 0 aromatic heterocycles. The number of hydrogen-bond acceptors (Lipinski definition) is 5. The normalized spacial score (nSPS) is 28.7. The number of piperidine rings is 1. The molecule has 0 radical (unpaired) electrons. The molecule has 4 rings (SSSR count). The van der Waals surface area contributed by atoms with Crippen LogP contribution in [-0.4, -0.2) is 62.4 Å². The fraction of sp³-hybridized carbons (Fsp3) is 0.611. The highest BCUT2D eigenvalue weighted by Gasteiger charge is 2.53. The summed E-state index contributed by atoms with van der Waals surface area (Å²) in [5, 5.41) is 0. The van der Waals surface area contributed by atoms with E-state index in [0.717, 1.165) is 44.0 Å². The smallest absolute Gasteiger partial charge is 0.232 e. The molecule has 0 spiro atoms. The van der Waals surface area contributed by atoms with Gasteiger partial charge in [-0.3, -0.25) is 9.69 Å². The van der Waals surface area contributed by atoms with Crippen molar-refractivity contribution in [1.29, 1.82) is 0 Å². The number of rotatable bonds is 3. The Balaban J connectivity index is 1.52. The van der Waals surface area contributed by atoms with Crippen LogP contribution in [0.25, 0.3) is 0 Å². The van der Waals surface area contributed by atoms with Crippen LogP contribution in [0.1, 0.15) is 18.4 Å². The zero-order chi connectivity index (χ0) is 16.7. The van der Waals surface area contributed by atoms with Crippen LogP contribution in [0.15, 0.2) is 18.2 Å². The van der Waals surface area contributed by atoms with Gasteiger partial charge in [0.1, 0.15) is 0 Å². The van der Waals surface area contributed by atoms with E-state index in [1.807, 2.05) is 26.2 Å². The molecular formula is C18H24N2O4. The van der Waals surface area contributed by atoms with Gasteiger partial charge in [-0.05, 0) is 30.5 Å². The van der Waals surface area contributed by atoms with Crippen LogP contribution in [-0.2, 0) is 16.1 Å². The first-order chi connectivity index (χ1) is 11.6. The third-order valence-electron chi connectivity index (χ3n) is 5.37. The van der Waals surface area contributed by atoms with Crippen molar-refractivity contribution in [3.63, 3.8) is 0 Å². The Kier molecular flexibility index (Phi) is 3.89. The van der Waals surface area contributed by atoms with E-state index in [4.69, 9.17) is 14.2 Å². The van der Waals surface area contributed by atoms with E-state index in [9.17, 15) is 4.79 Å². The molecule has 6 heteroatoms. The van der Waals surface area contributed by atoms with E-state index < -0.39 is 5.41 Å². The van der Waals surface area contributed by atoms with Crippen LogP contribution in [0.5, 0.6) is 11.5 Å². The molecule has 130 valence electrons. The molecule has 0 aliphatic carbocycles. The third-order valence-corrected chi connectivity index (χ3v) is 5.37. The SMILES string of the molecule is CN(C)C(=O)[C@@]12CCO[C@@H]1CCN(Cc1ccc3c(c1)OCO3)C2. The van der Waals surface area contributed by atoms with Crippen molar-refractivity contribution in [2.45, 2.75) is 25.5 Å². The zero-order valence-corrected chi connectivity index (χ0v) is 14.3. The zero-order valence-electron chi connectivity index (χ0n) is 14.3. The molecule has 2 fully saturated rings. The predicted octanol–water partition coefficient (Wildman–Crippen LogP) is 1.48. The first-order valence-corrected chi connectivity index (χ1v) is 8.53. The van der Waals surface area contributed by atoms with Crippen molar-refractivity contribution in [1.82, 2.24) is 9.80 Å². The van der Waals surface area contributed by atoms with Gasteiger partial charge >= 0.3 is 0 Å². The van der Waals surface area contributed by atoms with E-state index in [-0.39, 0.29) is 12.0 Å². The maximum absolute atomic E-state index is 12.8. The number of hydrogen-bond donors (Lipinski definition) is 0. The Morgan fingerprint density at radius 1 is 1.33 bits per heavy atom. The van der Waals surface area contributed by atoms with E-state index in [2.05, 4.69) is 11.0 Å². The summed E-state index contributed by atoms with van der Waals surface area (Å²) in [4.78, 5) is 16.9. The van der Waals surface area contributed by atoms with E-state index in [1.165, 1.54) is 5.56 Å². The number of likely N-dealkylation sites (tertiary alicyclic amines) is 1. The van der Waals surface area contributed by atoms with Crippen molar-refractivity contribution >= 4 is 5.91 Å². The number of fused-ring (bicyclic) bond motifs is 2. The second-order valence-electron chi connectivity index (χ2n) is 7.15. The lowest BCUT2D eigenvalue weighted by Gasteiger charge is -2.43. The molecule has 3 heterocycles. The van der Waals surface area contributed by atoms with Gasteiger partial charge in [0.2, 0.25) is 12.7 Å². The molecule has 2 saturated heterocycles. The predicted molar refractivity (Wildman–Crippen MR) is 87.9 cm³/mol. The quantitative estimate of drug-likeness (QED) is 0.839. The first-order valence-electron chi connectivity index (χ1n) is 8.53. The summed E-state index contributed by atoms with van der Waals surface area (Å²) in [6, 6.07) is 6.08. The molecule has 3 aliphatic heterocycles. The Bertz CT molecular complexity index is 648. The van der Waals surface area contributed by atoms with Crippen molar-refractivity contribution < 1.29 is 19.0 Å². The fourth-order valence-corrected chi connectivity index (χ4v) is 4.21. The fourth-order valence-electron chi connectivity index (χ4n) is 4.21. The van der Waals surface area contributed by atoms with Crippen molar-refractivity contribution in [3.05, 3.63) is 23.8 Å². The summed E-state index contributed by atoms with van der Waals surface area (Å²) in [5.74, 6) is 1.81. The largest absolute Gasteiger partial charge is 0.454 e. The lowest BCUT2D eigenvalue weighted by Crippen LogP contribution is -2.56. The molecule has 3 aliphatic rings. The lowest BCUT2D eigenvalue weighted by atomic mass is 9.75. The molecule has 0 N–H and O–H groups in total. The molecule has 6 nitrogen and oxygen atoms in total. The average molecular weight is 332 g/mol. The molecule has 24 heavy (non-hydrogen) atoms. The minimum Gasteiger partial charge on any atom is -0.454 e. The second kappa shape index (κ2) is 5.93. The van der Waals surface area contributed by atoms with Crippen molar-refractivity contribution in [2.24, 2.45) is 5.41 Å². The maximum atomic E-state index is 12.8. The molecule has 0 unspecified atom stereocenters. The molecule has 0 saturated carbocycles. The summed E-state index contributed by atoms with van der Waals surface area (Å²) >= 11 is 0. The third kappa shape index (κ3) is 2.54. The topological polar surface area (TPSA) is 51.2 Å². The van der Waals surface area contributed by atoms with Crippen LogP contribution in [0.2, 0.25) is 0 Å². The van der Waals surface area contributed by atoms with Crippen LogP contribution < -0.4 is 9.47 Å². The monoisotopic (exact) mass is 332 g/mol. The van der Waals surface area contributed by atoms with Crippen LogP contribution in [0.3, 0.4) is 0 Å². The number of nitrogens with zero attached hydrogens (tertiary/aromatic N) is 2. The van der Waals surface area contributed by atoms with Gasteiger partial charge in [0.25, 0.3) is 0 Å². The molecule has 0 bridgehead atoms. The van der Waals surface area contributed by atoms with Crippen molar-refractivity contribution in [3.8, 4) is 11.5 Å². The second-order valence-corrected chi connectivity index (χ2v) is 7.15. The number of benzene rings is 1. The highest BCUT2D eigenvalue weighted by atomic mass is 16.7. The van der Waals surface area contributed by atoms with E-state index >= 15 is 0 Å². The Labute approximate surface area is 142 Å². The van der Waals surface area contributed by atoms with Gasteiger partial charge in [0, 0.05) is 40.3 Å². The van der Waals surface area contributed by atoms with Crippen molar-refractivity contribution in [2.75, 3.05) is 40.6 Å². The average Bonchev–Trinajstić information content (AvgIpc) is 3.20. The number of ether oxygens (including phenoxy) is 3. The first kappa shape index (κ1) is 15.7. The molecule has 1 amide bonds. The van der Waals surface area contributed by atoms with E-state index in [0.29, 0.717) is 13.4 Å². The number of carbonyl (C=O) groups excluding carboxylic acids is 1. The summed E-state index contributed by atoms with van der Waals surface area (Å²) in [5.41, 5.74) is 0.794. The summed E-state index contributed by atoms with van der Waals surface area (Å²) in [6.07, 6.45) is 1.77.